The lowest BCUT2D eigenvalue weighted by atomic mass is 10.1. The summed E-state index contributed by atoms with van der Waals surface area (Å²) in [4.78, 5) is 4.43. The van der Waals surface area contributed by atoms with Crippen LogP contribution in [0.3, 0.4) is 0 Å². The first kappa shape index (κ1) is 13.7. The molecule has 2 aromatic rings. The normalized spacial score (nSPS) is 11.2. The maximum absolute atomic E-state index is 4.43. The number of hydrogen-bond donors (Lipinski definition) is 1. The van der Waals surface area contributed by atoms with Crippen LogP contribution in [-0.4, -0.2) is 14.8 Å². The molecule has 0 aromatic carbocycles. The number of rotatable bonds is 6. The van der Waals surface area contributed by atoms with Crippen LogP contribution in [0, 0.1) is 0 Å². The van der Waals surface area contributed by atoms with Crippen molar-refractivity contribution in [2.75, 3.05) is 0 Å². The highest BCUT2D eigenvalue weighted by molar-refractivity contribution is 5.19. The molecule has 0 saturated carbocycles. The fourth-order valence-electron chi connectivity index (χ4n) is 2.03. The third-order valence-electron chi connectivity index (χ3n) is 3.17. The van der Waals surface area contributed by atoms with E-state index in [0.29, 0.717) is 6.04 Å². The van der Waals surface area contributed by atoms with Gasteiger partial charge in [-0.2, -0.15) is 5.10 Å². The summed E-state index contributed by atoms with van der Waals surface area (Å²) in [5.41, 5.74) is 3.66. The van der Waals surface area contributed by atoms with Gasteiger partial charge in [0.1, 0.15) is 0 Å². The summed E-state index contributed by atoms with van der Waals surface area (Å²) in [6.45, 7) is 8.05. The Morgan fingerprint density at radius 2 is 2.16 bits per heavy atom. The summed E-state index contributed by atoms with van der Waals surface area (Å²) in [5.74, 6) is 0. The molecular weight excluding hydrogens is 236 g/mol. The molecule has 0 spiro atoms. The van der Waals surface area contributed by atoms with E-state index in [-0.39, 0.29) is 0 Å². The average molecular weight is 258 g/mol. The Hall–Kier alpha value is -1.68. The second kappa shape index (κ2) is 6.48. The summed E-state index contributed by atoms with van der Waals surface area (Å²) in [5, 5.41) is 7.77. The van der Waals surface area contributed by atoms with Crippen molar-refractivity contribution in [1.29, 1.82) is 0 Å². The number of pyridine rings is 1. The van der Waals surface area contributed by atoms with Crippen LogP contribution in [0.1, 0.15) is 43.6 Å². The van der Waals surface area contributed by atoms with Crippen LogP contribution < -0.4 is 5.32 Å². The molecule has 0 atom stereocenters. The molecule has 0 aliphatic heterocycles. The van der Waals surface area contributed by atoms with Crippen molar-refractivity contribution in [3.8, 4) is 0 Å². The summed E-state index contributed by atoms with van der Waals surface area (Å²) in [7, 11) is 0. The number of aryl methyl sites for hydroxylation is 1. The van der Waals surface area contributed by atoms with E-state index in [0.717, 1.165) is 25.2 Å². The molecule has 2 heterocycles. The Morgan fingerprint density at radius 1 is 1.32 bits per heavy atom. The van der Waals surface area contributed by atoms with Gasteiger partial charge in [-0.05, 0) is 31.9 Å². The first-order chi connectivity index (χ1) is 9.20. The average Bonchev–Trinajstić information content (AvgIpc) is 2.88. The van der Waals surface area contributed by atoms with Gasteiger partial charge in [-0.3, -0.25) is 9.67 Å². The maximum Gasteiger partial charge on any atom is 0.0573 e. The van der Waals surface area contributed by atoms with Crippen molar-refractivity contribution in [3.63, 3.8) is 0 Å². The highest BCUT2D eigenvalue weighted by Crippen LogP contribution is 2.07. The Morgan fingerprint density at radius 3 is 2.84 bits per heavy atom. The first-order valence-electron chi connectivity index (χ1n) is 6.87. The lowest BCUT2D eigenvalue weighted by molar-refractivity contribution is 0.531. The molecule has 19 heavy (non-hydrogen) atoms. The quantitative estimate of drug-likeness (QED) is 0.866. The molecule has 0 fully saturated rings. The molecule has 0 aliphatic carbocycles. The molecule has 2 aromatic heterocycles. The van der Waals surface area contributed by atoms with Gasteiger partial charge in [0.2, 0.25) is 0 Å². The molecule has 4 nitrogen and oxygen atoms in total. The van der Waals surface area contributed by atoms with Crippen LogP contribution >= 0.6 is 0 Å². The minimum Gasteiger partial charge on any atom is -0.307 e. The second-order valence-electron chi connectivity index (χ2n) is 4.99. The maximum atomic E-state index is 4.43. The zero-order chi connectivity index (χ0) is 13.7. The molecule has 0 bridgehead atoms. The van der Waals surface area contributed by atoms with Gasteiger partial charge in [0, 0.05) is 37.1 Å². The van der Waals surface area contributed by atoms with Gasteiger partial charge < -0.3 is 5.32 Å². The fraction of sp³-hybridized carbons (Fsp3) is 0.467. The predicted octanol–water partition coefficient (Wildman–Crippen LogP) is 2.71. The topological polar surface area (TPSA) is 42.7 Å². The molecule has 0 amide bonds. The van der Waals surface area contributed by atoms with Gasteiger partial charge >= 0.3 is 0 Å². The van der Waals surface area contributed by atoms with Crippen LogP contribution in [0.25, 0.3) is 0 Å². The van der Waals surface area contributed by atoms with Crippen LogP contribution in [0.15, 0.2) is 30.7 Å². The van der Waals surface area contributed by atoms with E-state index >= 15 is 0 Å². The molecule has 0 unspecified atom stereocenters. The monoisotopic (exact) mass is 258 g/mol. The third-order valence-corrected chi connectivity index (χ3v) is 3.17. The molecule has 102 valence electrons. The predicted molar refractivity (Wildman–Crippen MR) is 76.8 cm³/mol. The highest BCUT2D eigenvalue weighted by atomic mass is 15.3. The Balaban J connectivity index is 1.89. The van der Waals surface area contributed by atoms with E-state index in [9.17, 15) is 0 Å². The molecule has 0 saturated heterocycles. The lowest BCUT2D eigenvalue weighted by Gasteiger charge is -2.07. The van der Waals surface area contributed by atoms with Crippen LogP contribution in [-0.2, 0) is 19.5 Å². The highest BCUT2D eigenvalue weighted by Gasteiger charge is 2.03. The van der Waals surface area contributed by atoms with Crippen molar-refractivity contribution in [2.24, 2.45) is 0 Å². The van der Waals surface area contributed by atoms with Crippen molar-refractivity contribution in [1.82, 2.24) is 20.1 Å². The summed E-state index contributed by atoms with van der Waals surface area (Å²) >= 11 is 0. The molecule has 4 heteroatoms. The lowest BCUT2D eigenvalue weighted by Crippen LogP contribution is -2.14. The molecule has 0 radical (unpaired) electrons. The molecular formula is C15H22N4. The summed E-state index contributed by atoms with van der Waals surface area (Å²) < 4.78 is 1.98. The zero-order valence-corrected chi connectivity index (χ0v) is 11.9. The Kier molecular flexibility index (Phi) is 4.68. The van der Waals surface area contributed by atoms with Crippen molar-refractivity contribution < 1.29 is 0 Å². The summed E-state index contributed by atoms with van der Waals surface area (Å²) in [6, 6.07) is 4.55. The van der Waals surface area contributed by atoms with Crippen LogP contribution in [0.4, 0.5) is 0 Å². The van der Waals surface area contributed by atoms with Gasteiger partial charge in [-0.15, -0.1) is 0 Å². The van der Waals surface area contributed by atoms with E-state index in [4.69, 9.17) is 0 Å². The van der Waals surface area contributed by atoms with E-state index in [2.05, 4.69) is 48.4 Å². The second-order valence-corrected chi connectivity index (χ2v) is 4.99. The van der Waals surface area contributed by atoms with Crippen molar-refractivity contribution in [2.45, 2.75) is 46.3 Å². The van der Waals surface area contributed by atoms with Gasteiger partial charge in [0.05, 0.1) is 11.9 Å². The minimum absolute atomic E-state index is 0.413. The number of aromatic nitrogens is 3. The minimum atomic E-state index is 0.413. The van der Waals surface area contributed by atoms with Crippen molar-refractivity contribution in [3.05, 3.63) is 47.5 Å². The third kappa shape index (κ3) is 3.64. The fourth-order valence-corrected chi connectivity index (χ4v) is 2.03. The summed E-state index contributed by atoms with van der Waals surface area (Å²) in [6.07, 6.45) is 6.89. The smallest absolute Gasteiger partial charge is 0.0573 e. The van der Waals surface area contributed by atoms with Gasteiger partial charge in [0.15, 0.2) is 0 Å². The molecule has 1 N–H and O–H groups in total. The SMILES string of the molecule is CCc1cccnc1CNCc1cnn(C(C)C)c1. The first-order valence-corrected chi connectivity index (χ1v) is 6.87. The standard InChI is InChI=1S/C15H22N4/c1-4-14-6-5-7-17-15(14)10-16-8-13-9-18-19(11-13)12(2)3/h5-7,9,11-12,16H,4,8,10H2,1-3H3. The van der Waals surface area contributed by atoms with E-state index in [1.807, 2.05) is 23.1 Å². The number of nitrogens with one attached hydrogen (secondary N) is 1. The Bertz CT molecular complexity index is 516. The van der Waals surface area contributed by atoms with E-state index < -0.39 is 0 Å². The van der Waals surface area contributed by atoms with Gasteiger partial charge in [0.25, 0.3) is 0 Å². The van der Waals surface area contributed by atoms with Gasteiger partial charge in [-0.1, -0.05) is 13.0 Å². The van der Waals surface area contributed by atoms with Gasteiger partial charge in [-0.25, -0.2) is 0 Å². The molecule has 2 rings (SSSR count). The largest absolute Gasteiger partial charge is 0.307 e. The van der Waals surface area contributed by atoms with Crippen molar-refractivity contribution >= 4 is 0 Å². The van der Waals surface area contributed by atoms with E-state index in [1.54, 1.807) is 0 Å². The van der Waals surface area contributed by atoms with E-state index in [1.165, 1.54) is 11.1 Å². The number of hydrogen-bond acceptors (Lipinski definition) is 3. The van der Waals surface area contributed by atoms with Crippen LogP contribution in [0.5, 0.6) is 0 Å². The Labute approximate surface area is 114 Å². The zero-order valence-electron chi connectivity index (χ0n) is 11.9. The number of nitrogens with zero attached hydrogens (tertiary/aromatic N) is 3. The van der Waals surface area contributed by atoms with Crippen LogP contribution in [0.2, 0.25) is 0 Å². The molecule has 0 aliphatic rings.